The van der Waals surface area contributed by atoms with E-state index in [4.69, 9.17) is 5.11 Å². The van der Waals surface area contributed by atoms with Crippen LogP contribution in [0.3, 0.4) is 0 Å². The molecule has 4 nitrogen and oxygen atoms in total. The van der Waals surface area contributed by atoms with Gasteiger partial charge in [-0.2, -0.15) is 11.8 Å². The van der Waals surface area contributed by atoms with Gasteiger partial charge in [0.25, 0.3) is 5.91 Å². The third-order valence-corrected chi connectivity index (χ3v) is 4.80. The van der Waals surface area contributed by atoms with E-state index in [9.17, 15) is 9.59 Å². The van der Waals surface area contributed by atoms with Crippen molar-refractivity contribution in [3.63, 3.8) is 0 Å². The van der Waals surface area contributed by atoms with Gasteiger partial charge in [0.1, 0.15) is 6.04 Å². The summed E-state index contributed by atoms with van der Waals surface area (Å²) in [6, 6.07) is 1.01. The van der Waals surface area contributed by atoms with Crippen molar-refractivity contribution in [2.24, 2.45) is 0 Å². The molecule has 19 heavy (non-hydrogen) atoms. The number of thioether (sulfide) groups is 1. The minimum absolute atomic E-state index is 0.290. The van der Waals surface area contributed by atoms with Crippen molar-refractivity contribution in [3.05, 3.63) is 21.4 Å². The quantitative estimate of drug-likeness (QED) is 0.812. The number of nitrogens with one attached hydrogen (secondary N) is 1. The molecular formula is C13H19NO3S2. The van der Waals surface area contributed by atoms with Crippen LogP contribution in [0.2, 0.25) is 0 Å². The number of carbonyl (C=O) groups excluding carboxylic acids is 1. The maximum absolute atomic E-state index is 12.0. The summed E-state index contributed by atoms with van der Waals surface area (Å²) in [6.45, 7) is 4.01. The topological polar surface area (TPSA) is 66.4 Å². The molecule has 0 aromatic carbocycles. The number of hydrogen-bond donors (Lipinski definition) is 2. The van der Waals surface area contributed by atoms with Crippen molar-refractivity contribution in [1.82, 2.24) is 5.32 Å². The first-order valence-corrected chi connectivity index (χ1v) is 8.32. The summed E-state index contributed by atoms with van der Waals surface area (Å²) in [5.41, 5.74) is 1.09. The Labute approximate surface area is 121 Å². The highest BCUT2D eigenvalue weighted by Gasteiger charge is 2.21. The molecule has 1 aromatic heterocycles. The summed E-state index contributed by atoms with van der Waals surface area (Å²) in [7, 11) is 0. The summed E-state index contributed by atoms with van der Waals surface area (Å²) >= 11 is 3.00. The van der Waals surface area contributed by atoms with E-state index < -0.39 is 12.0 Å². The van der Waals surface area contributed by atoms with Gasteiger partial charge < -0.3 is 10.4 Å². The first kappa shape index (κ1) is 16.0. The lowest BCUT2D eigenvalue weighted by Crippen LogP contribution is -2.40. The second-order valence-electron chi connectivity index (χ2n) is 4.22. The molecule has 0 saturated heterocycles. The largest absolute Gasteiger partial charge is 0.480 e. The van der Waals surface area contributed by atoms with Crippen LogP contribution in [0.15, 0.2) is 6.07 Å². The van der Waals surface area contributed by atoms with E-state index in [-0.39, 0.29) is 5.91 Å². The van der Waals surface area contributed by atoms with Gasteiger partial charge in [0.2, 0.25) is 0 Å². The highest BCUT2D eigenvalue weighted by Crippen LogP contribution is 2.22. The summed E-state index contributed by atoms with van der Waals surface area (Å²) in [5.74, 6) is -0.561. The Balaban J connectivity index is 2.72. The van der Waals surface area contributed by atoms with Crippen LogP contribution in [0.4, 0.5) is 0 Å². The van der Waals surface area contributed by atoms with E-state index in [0.29, 0.717) is 17.1 Å². The molecule has 0 aliphatic carbocycles. The number of aliphatic carboxylic acids is 1. The van der Waals surface area contributed by atoms with Crippen LogP contribution in [-0.2, 0) is 11.2 Å². The van der Waals surface area contributed by atoms with Crippen LogP contribution in [0.25, 0.3) is 0 Å². The molecule has 6 heteroatoms. The van der Waals surface area contributed by atoms with Crippen LogP contribution >= 0.6 is 23.1 Å². The maximum atomic E-state index is 12.0. The van der Waals surface area contributed by atoms with Gasteiger partial charge in [-0.25, -0.2) is 4.79 Å². The Morgan fingerprint density at radius 2 is 2.21 bits per heavy atom. The van der Waals surface area contributed by atoms with Gasteiger partial charge in [0.15, 0.2) is 0 Å². The van der Waals surface area contributed by atoms with E-state index in [1.165, 1.54) is 16.2 Å². The van der Waals surface area contributed by atoms with Crippen LogP contribution in [-0.4, -0.2) is 35.0 Å². The average molecular weight is 301 g/mol. The third kappa shape index (κ3) is 4.54. The van der Waals surface area contributed by atoms with E-state index in [1.807, 2.05) is 26.2 Å². The van der Waals surface area contributed by atoms with Gasteiger partial charge in [0.05, 0.1) is 4.88 Å². The van der Waals surface area contributed by atoms with Crippen molar-refractivity contribution in [2.45, 2.75) is 32.7 Å². The number of carboxylic acids is 1. The van der Waals surface area contributed by atoms with Crippen LogP contribution in [0.1, 0.15) is 33.5 Å². The van der Waals surface area contributed by atoms with E-state index in [2.05, 4.69) is 5.32 Å². The fourth-order valence-electron chi connectivity index (χ4n) is 1.71. The lowest BCUT2D eigenvalue weighted by Gasteiger charge is -2.12. The van der Waals surface area contributed by atoms with Crippen LogP contribution in [0, 0.1) is 6.92 Å². The number of amides is 1. The molecule has 0 aliphatic heterocycles. The summed E-state index contributed by atoms with van der Waals surface area (Å²) in [5, 5.41) is 11.7. The molecule has 1 aromatic rings. The molecule has 0 fully saturated rings. The zero-order valence-corrected chi connectivity index (χ0v) is 13.0. The zero-order chi connectivity index (χ0) is 14.4. The number of thiophene rings is 1. The monoisotopic (exact) mass is 301 g/mol. The van der Waals surface area contributed by atoms with E-state index in [1.54, 1.807) is 11.8 Å². The predicted molar refractivity (Wildman–Crippen MR) is 80.3 cm³/mol. The van der Waals surface area contributed by atoms with Gasteiger partial charge in [0, 0.05) is 4.88 Å². The van der Waals surface area contributed by atoms with Crippen molar-refractivity contribution in [3.8, 4) is 0 Å². The second kappa shape index (κ2) is 7.55. The number of carboxylic acid groups (broad SMARTS) is 1. The Kier molecular flexibility index (Phi) is 6.37. The minimum atomic E-state index is -0.980. The van der Waals surface area contributed by atoms with Gasteiger partial charge in [-0.05, 0) is 43.4 Å². The summed E-state index contributed by atoms with van der Waals surface area (Å²) in [4.78, 5) is 24.9. The standard InChI is InChI=1S/C13H19NO3S2/c1-4-10-8(2)7-11(19-10)12(15)14-9(13(16)17)5-6-18-3/h7,9H,4-6H2,1-3H3,(H,14,15)(H,16,17)/t9-/m1/s1. The predicted octanol–water partition coefficient (Wildman–Crippen LogP) is 2.56. The van der Waals surface area contributed by atoms with Gasteiger partial charge in [-0.3, -0.25) is 4.79 Å². The fourth-order valence-corrected chi connectivity index (χ4v) is 3.19. The molecule has 0 aliphatic rings. The Bertz CT molecular complexity index is 457. The fraction of sp³-hybridized carbons (Fsp3) is 0.538. The highest BCUT2D eigenvalue weighted by molar-refractivity contribution is 7.98. The van der Waals surface area contributed by atoms with Crippen molar-refractivity contribution in [2.75, 3.05) is 12.0 Å². The van der Waals surface area contributed by atoms with E-state index >= 15 is 0 Å². The summed E-state index contributed by atoms with van der Waals surface area (Å²) in [6.07, 6.45) is 3.24. The minimum Gasteiger partial charge on any atom is -0.480 e. The Morgan fingerprint density at radius 3 is 2.68 bits per heavy atom. The Hall–Kier alpha value is -1.01. The number of carbonyl (C=O) groups is 2. The third-order valence-electron chi connectivity index (χ3n) is 2.78. The number of hydrogen-bond acceptors (Lipinski definition) is 4. The van der Waals surface area contributed by atoms with Gasteiger partial charge in [-0.15, -0.1) is 11.3 Å². The first-order chi connectivity index (χ1) is 8.99. The molecule has 1 heterocycles. The molecule has 0 bridgehead atoms. The Morgan fingerprint density at radius 1 is 1.53 bits per heavy atom. The zero-order valence-electron chi connectivity index (χ0n) is 11.4. The lowest BCUT2D eigenvalue weighted by atomic mass is 10.2. The van der Waals surface area contributed by atoms with Crippen molar-refractivity contribution >= 4 is 35.0 Å². The SMILES string of the molecule is CCc1sc(C(=O)N[C@H](CCSC)C(=O)O)cc1C. The molecule has 0 unspecified atom stereocenters. The van der Waals surface area contributed by atoms with Crippen molar-refractivity contribution in [1.29, 1.82) is 0 Å². The first-order valence-electron chi connectivity index (χ1n) is 6.11. The molecule has 0 saturated carbocycles. The molecule has 1 rings (SSSR count). The van der Waals surface area contributed by atoms with Crippen molar-refractivity contribution < 1.29 is 14.7 Å². The molecule has 1 atom stereocenters. The second-order valence-corrected chi connectivity index (χ2v) is 6.34. The van der Waals surface area contributed by atoms with Crippen LogP contribution < -0.4 is 5.32 Å². The van der Waals surface area contributed by atoms with Crippen LogP contribution in [0.5, 0.6) is 0 Å². The maximum Gasteiger partial charge on any atom is 0.326 e. The molecule has 0 radical (unpaired) electrons. The molecule has 2 N–H and O–H groups in total. The molecule has 0 spiro atoms. The average Bonchev–Trinajstić information content (AvgIpc) is 2.75. The molecule has 1 amide bonds. The molecular weight excluding hydrogens is 282 g/mol. The van der Waals surface area contributed by atoms with E-state index in [0.717, 1.165) is 12.0 Å². The van der Waals surface area contributed by atoms with Gasteiger partial charge in [-0.1, -0.05) is 6.92 Å². The smallest absolute Gasteiger partial charge is 0.326 e. The number of rotatable bonds is 7. The highest BCUT2D eigenvalue weighted by atomic mass is 32.2. The number of aryl methyl sites for hydroxylation is 2. The summed E-state index contributed by atoms with van der Waals surface area (Å²) < 4.78 is 0. The molecule has 106 valence electrons. The van der Waals surface area contributed by atoms with Gasteiger partial charge >= 0.3 is 5.97 Å². The normalized spacial score (nSPS) is 12.2. The lowest BCUT2D eigenvalue weighted by molar-refractivity contribution is -0.139.